The topological polar surface area (TPSA) is 71.1 Å². The molecule has 1 aromatic heterocycles. The normalized spacial score (nSPS) is 21.1. The van der Waals surface area contributed by atoms with Gasteiger partial charge >= 0.3 is 0 Å². The number of nitrogens with one attached hydrogen (secondary N) is 2. The third kappa shape index (κ3) is 4.31. The average Bonchev–Trinajstić information content (AvgIpc) is 2.74. The molecule has 102 valence electrons. The van der Waals surface area contributed by atoms with Crippen molar-refractivity contribution in [3.63, 3.8) is 0 Å². The maximum absolute atomic E-state index is 11.9. The number of hydrogen-bond acceptors (Lipinski definition) is 5. The van der Waals surface area contributed by atoms with Gasteiger partial charge in [0.05, 0.1) is 12.3 Å². The molecule has 0 amide bonds. The van der Waals surface area contributed by atoms with Gasteiger partial charge in [0.2, 0.25) is 10.0 Å². The molecule has 1 aromatic rings. The SMILES string of the molecule is Cc1csc(CNS(=O)(=O)CC2CCCNC2)n1. The zero-order valence-corrected chi connectivity index (χ0v) is 12.1. The molecule has 1 aliphatic heterocycles. The fraction of sp³-hybridized carbons (Fsp3) is 0.727. The number of aromatic nitrogens is 1. The summed E-state index contributed by atoms with van der Waals surface area (Å²) in [5.41, 5.74) is 0.936. The van der Waals surface area contributed by atoms with Crippen LogP contribution in [0.1, 0.15) is 23.5 Å². The van der Waals surface area contributed by atoms with E-state index < -0.39 is 10.0 Å². The average molecular weight is 289 g/mol. The van der Waals surface area contributed by atoms with Gasteiger partial charge in [-0.25, -0.2) is 18.1 Å². The van der Waals surface area contributed by atoms with Crippen molar-refractivity contribution in [2.45, 2.75) is 26.3 Å². The van der Waals surface area contributed by atoms with Crippen molar-refractivity contribution < 1.29 is 8.42 Å². The predicted molar refractivity (Wildman–Crippen MR) is 73.1 cm³/mol. The first-order valence-corrected chi connectivity index (χ1v) is 8.67. The third-order valence-electron chi connectivity index (χ3n) is 2.96. The second-order valence-electron chi connectivity index (χ2n) is 4.70. The second kappa shape index (κ2) is 6.10. The van der Waals surface area contributed by atoms with Crippen LogP contribution in [0.2, 0.25) is 0 Å². The van der Waals surface area contributed by atoms with Crippen molar-refractivity contribution >= 4 is 21.4 Å². The first kappa shape index (κ1) is 13.9. The number of aryl methyl sites for hydroxylation is 1. The van der Waals surface area contributed by atoms with E-state index in [1.807, 2.05) is 12.3 Å². The maximum atomic E-state index is 11.9. The van der Waals surface area contributed by atoms with Crippen LogP contribution in [-0.2, 0) is 16.6 Å². The molecular weight excluding hydrogens is 270 g/mol. The number of nitrogens with zero attached hydrogens (tertiary/aromatic N) is 1. The molecule has 1 aliphatic rings. The summed E-state index contributed by atoms with van der Waals surface area (Å²) in [7, 11) is -3.19. The Bertz CT molecular complexity index is 478. The fourth-order valence-corrected chi connectivity index (χ4v) is 4.27. The Hall–Kier alpha value is -0.500. The third-order valence-corrected chi connectivity index (χ3v) is 5.43. The van der Waals surface area contributed by atoms with Crippen LogP contribution in [0.25, 0.3) is 0 Å². The van der Waals surface area contributed by atoms with Gasteiger partial charge < -0.3 is 5.32 Å². The van der Waals surface area contributed by atoms with Gasteiger partial charge in [0.1, 0.15) is 5.01 Å². The van der Waals surface area contributed by atoms with E-state index in [-0.39, 0.29) is 11.7 Å². The molecule has 1 unspecified atom stereocenters. The van der Waals surface area contributed by atoms with Crippen LogP contribution in [0.4, 0.5) is 0 Å². The number of thiazole rings is 1. The van der Waals surface area contributed by atoms with Crippen molar-refractivity contribution in [1.82, 2.24) is 15.0 Å². The predicted octanol–water partition coefficient (Wildman–Crippen LogP) is 0.871. The highest BCUT2D eigenvalue weighted by atomic mass is 32.2. The lowest BCUT2D eigenvalue weighted by atomic mass is 10.0. The van der Waals surface area contributed by atoms with Gasteiger partial charge in [-0.2, -0.15) is 0 Å². The molecule has 2 rings (SSSR count). The molecule has 18 heavy (non-hydrogen) atoms. The molecule has 5 nitrogen and oxygen atoms in total. The number of hydrogen-bond donors (Lipinski definition) is 2. The van der Waals surface area contributed by atoms with E-state index in [0.717, 1.165) is 36.6 Å². The molecular formula is C11H19N3O2S2. The molecule has 0 radical (unpaired) electrons. The molecule has 1 atom stereocenters. The highest BCUT2D eigenvalue weighted by Crippen LogP contribution is 2.13. The molecule has 2 heterocycles. The summed E-state index contributed by atoms with van der Waals surface area (Å²) in [6.07, 6.45) is 2.05. The van der Waals surface area contributed by atoms with Crippen molar-refractivity contribution in [3.8, 4) is 0 Å². The minimum absolute atomic E-state index is 0.213. The van der Waals surface area contributed by atoms with Crippen molar-refractivity contribution in [2.75, 3.05) is 18.8 Å². The van der Waals surface area contributed by atoms with Crippen molar-refractivity contribution in [2.24, 2.45) is 5.92 Å². The van der Waals surface area contributed by atoms with Crippen LogP contribution in [0.5, 0.6) is 0 Å². The minimum Gasteiger partial charge on any atom is -0.316 e. The first-order valence-electron chi connectivity index (χ1n) is 6.14. The van der Waals surface area contributed by atoms with Crippen LogP contribution in [-0.4, -0.2) is 32.2 Å². The van der Waals surface area contributed by atoms with Gasteiger partial charge in [0, 0.05) is 11.1 Å². The van der Waals surface area contributed by atoms with E-state index >= 15 is 0 Å². The second-order valence-corrected chi connectivity index (χ2v) is 7.49. The monoisotopic (exact) mass is 289 g/mol. The lowest BCUT2D eigenvalue weighted by molar-refractivity contribution is 0.402. The Morgan fingerprint density at radius 2 is 2.44 bits per heavy atom. The molecule has 0 spiro atoms. The molecule has 1 saturated heterocycles. The summed E-state index contributed by atoms with van der Waals surface area (Å²) in [6.45, 7) is 4.02. The Balaban J connectivity index is 1.83. The van der Waals surface area contributed by atoms with E-state index in [4.69, 9.17) is 0 Å². The smallest absolute Gasteiger partial charge is 0.212 e. The summed E-state index contributed by atoms with van der Waals surface area (Å²) < 4.78 is 26.5. The van der Waals surface area contributed by atoms with Gasteiger partial charge in [-0.15, -0.1) is 11.3 Å². The highest BCUT2D eigenvalue weighted by molar-refractivity contribution is 7.89. The number of rotatable bonds is 5. The summed E-state index contributed by atoms with van der Waals surface area (Å²) in [6, 6.07) is 0. The summed E-state index contributed by atoms with van der Waals surface area (Å²) in [4.78, 5) is 4.24. The maximum Gasteiger partial charge on any atom is 0.212 e. The lowest BCUT2D eigenvalue weighted by Crippen LogP contribution is -2.37. The van der Waals surface area contributed by atoms with E-state index in [9.17, 15) is 8.42 Å². The Morgan fingerprint density at radius 1 is 1.61 bits per heavy atom. The van der Waals surface area contributed by atoms with Crippen LogP contribution in [0, 0.1) is 12.8 Å². The first-order chi connectivity index (χ1) is 8.55. The quantitative estimate of drug-likeness (QED) is 0.844. The largest absolute Gasteiger partial charge is 0.316 e. The molecule has 2 N–H and O–H groups in total. The minimum atomic E-state index is -3.19. The Kier molecular flexibility index (Phi) is 4.71. The van der Waals surface area contributed by atoms with Gasteiger partial charge in [-0.3, -0.25) is 0 Å². The van der Waals surface area contributed by atoms with Gasteiger partial charge in [0.25, 0.3) is 0 Å². The van der Waals surface area contributed by atoms with Crippen molar-refractivity contribution in [3.05, 3.63) is 16.1 Å². The van der Waals surface area contributed by atoms with Crippen LogP contribution in [0.15, 0.2) is 5.38 Å². The molecule has 0 saturated carbocycles. The zero-order valence-electron chi connectivity index (χ0n) is 10.5. The fourth-order valence-electron chi connectivity index (χ4n) is 2.09. The van der Waals surface area contributed by atoms with Crippen LogP contribution < -0.4 is 10.0 Å². The summed E-state index contributed by atoms with van der Waals surface area (Å²) in [5.74, 6) is 0.443. The van der Waals surface area contributed by atoms with E-state index in [1.165, 1.54) is 11.3 Å². The van der Waals surface area contributed by atoms with E-state index in [1.54, 1.807) is 0 Å². The van der Waals surface area contributed by atoms with Crippen LogP contribution in [0.3, 0.4) is 0 Å². The van der Waals surface area contributed by atoms with Gasteiger partial charge in [-0.05, 0) is 38.8 Å². The summed E-state index contributed by atoms with van der Waals surface area (Å²) >= 11 is 1.49. The van der Waals surface area contributed by atoms with Crippen LogP contribution >= 0.6 is 11.3 Å². The van der Waals surface area contributed by atoms with Crippen molar-refractivity contribution in [1.29, 1.82) is 0 Å². The van der Waals surface area contributed by atoms with Gasteiger partial charge in [0.15, 0.2) is 0 Å². The number of sulfonamides is 1. The molecule has 0 aliphatic carbocycles. The van der Waals surface area contributed by atoms with Gasteiger partial charge in [-0.1, -0.05) is 0 Å². The molecule has 0 bridgehead atoms. The molecule has 1 fully saturated rings. The zero-order chi connectivity index (χ0) is 13.0. The Morgan fingerprint density at radius 3 is 3.06 bits per heavy atom. The van der Waals surface area contributed by atoms with E-state index in [2.05, 4.69) is 15.0 Å². The standard InChI is InChI=1S/C11H19N3O2S2/c1-9-7-17-11(14-9)6-13-18(15,16)8-10-3-2-4-12-5-10/h7,10,12-13H,2-6,8H2,1H3. The lowest BCUT2D eigenvalue weighted by Gasteiger charge is -2.22. The Labute approximate surface area is 112 Å². The molecule has 7 heteroatoms. The highest BCUT2D eigenvalue weighted by Gasteiger charge is 2.21. The molecule has 0 aromatic carbocycles. The number of piperidine rings is 1. The summed E-state index contributed by atoms with van der Waals surface area (Å²) in [5, 5.41) is 5.97. The van der Waals surface area contributed by atoms with E-state index in [0.29, 0.717) is 6.54 Å².